The van der Waals surface area contributed by atoms with Gasteiger partial charge >= 0.3 is 0 Å². The largest absolute Gasteiger partial charge is 0.351 e. The first-order valence-electron chi connectivity index (χ1n) is 5.29. The SMILES string of the molecule is CS(=O)(=O)NCC1CNC(=O)c2ccccc21. The number of hydrogen-bond acceptors (Lipinski definition) is 3. The average molecular weight is 254 g/mol. The van der Waals surface area contributed by atoms with Gasteiger partial charge in [-0.15, -0.1) is 0 Å². The minimum Gasteiger partial charge on any atom is -0.351 e. The molecule has 1 aromatic rings. The minimum absolute atomic E-state index is 0.0152. The van der Waals surface area contributed by atoms with Crippen molar-refractivity contribution in [1.29, 1.82) is 0 Å². The summed E-state index contributed by atoms with van der Waals surface area (Å²) in [5.74, 6) is -0.116. The maximum atomic E-state index is 11.6. The maximum absolute atomic E-state index is 11.6. The highest BCUT2D eigenvalue weighted by atomic mass is 32.2. The van der Waals surface area contributed by atoms with Crippen LogP contribution in [-0.4, -0.2) is 33.7 Å². The van der Waals surface area contributed by atoms with Gasteiger partial charge in [0.1, 0.15) is 0 Å². The number of carbonyl (C=O) groups is 1. The van der Waals surface area contributed by atoms with Gasteiger partial charge in [0.25, 0.3) is 5.91 Å². The summed E-state index contributed by atoms with van der Waals surface area (Å²) in [6, 6.07) is 7.26. The summed E-state index contributed by atoms with van der Waals surface area (Å²) < 4.78 is 24.6. The lowest BCUT2D eigenvalue weighted by Gasteiger charge is -2.25. The van der Waals surface area contributed by atoms with E-state index in [-0.39, 0.29) is 11.8 Å². The van der Waals surface area contributed by atoms with E-state index in [4.69, 9.17) is 0 Å². The van der Waals surface area contributed by atoms with Gasteiger partial charge in [0.2, 0.25) is 10.0 Å². The normalized spacial score (nSPS) is 19.6. The van der Waals surface area contributed by atoms with Gasteiger partial charge < -0.3 is 5.32 Å². The molecule has 1 atom stereocenters. The molecule has 1 heterocycles. The highest BCUT2D eigenvalue weighted by Gasteiger charge is 2.25. The van der Waals surface area contributed by atoms with Crippen molar-refractivity contribution in [3.8, 4) is 0 Å². The van der Waals surface area contributed by atoms with E-state index in [0.29, 0.717) is 18.7 Å². The number of carbonyl (C=O) groups excluding carboxylic acids is 1. The first kappa shape index (κ1) is 12.1. The molecule has 1 aliphatic rings. The second-order valence-corrected chi connectivity index (χ2v) is 5.95. The van der Waals surface area contributed by atoms with Crippen LogP contribution in [0.4, 0.5) is 0 Å². The fraction of sp³-hybridized carbons (Fsp3) is 0.364. The monoisotopic (exact) mass is 254 g/mol. The van der Waals surface area contributed by atoms with Crippen molar-refractivity contribution in [3.63, 3.8) is 0 Å². The molecule has 0 saturated heterocycles. The first-order valence-corrected chi connectivity index (χ1v) is 7.18. The predicted molar refractivity (Wildman–Crippen MR) is 64.4 cm³/mol. The molecule has 92 valence electrons. The number of rotatable bonds is 3. The van der Waals surface area contributed by atoms with Crippen molar-refractivity contribution in [3.05, 3.63) is 35.4 Å². The Morgan fingerprint density at radius 1 is 1.41 bits per heavy atom. The molecule has 0 fully saturated rings. The molecule has 1 aliphatic heterocycles. The van der Waals surface area contributed by atoms with Crippen LogP contribution in [0.15, 0.2) is 24.3 Å². The Morgan fingerprint density at radius 2 is 2.12 bits per heavy atom. The van der Waals surface area contributed by atoms with Crippen LogP contribution in [-0.2, 0) is 10.0 Å². The summed E-state index contributed by atoms with van der Waals surface area (Å²) in [7, 11) is -3.20. The fourth-order valence-electron chi connectivity index (χ4n) is 1.91. The summed E-state index contributed by atoms with van der Waals surface area (Å²) in [4.78, 5) is 11.6. The van der Waals surface area contributed by atoms with Crippen LogP contribution < -0.4 is 10.0 Å². The summed E-state index contributed by atoms with van der Waals surface area (Å²) in [5, 5.41) is 2.75. The third kappa shape index (κ3) is 2.83. The van der Waals surface area contributed by atoms with Gasteiger partial charge in [0, 0.05) is 24.6 Å². The smallest absolute Gasteiger partial charge is 0.251 e. The zero-order chi connectivity index (χ0) is 12.5. The molecule has 0 aliphatic carbocycles. The Hall–Kier alpha value is -1.40. The average Bonchev–Trinajstić information content (AvgIpc) is 2.27. The molecule has 0 saturated carbocycles. The number of fused-ring (bicyclic) bond motifs is 1. The summed E-state index contributed by atoms with van der Waals surface area (Å²) in [5.41, 5.74) is 1.52. The number of amides is 1. The topological polar surface area (TPSA) is 75.3 Å². The van der Waals surface area contributed by atoms with E-state index in [1.165, 1.54) is 0 Å². The molecule has 1 amide bonds. The highest BCUT2D eigenvalue weighted by Crippen LogP contribution is 2.23. The van der Waals surface area contributed by atoms with Crippen LogP contribution in [0.2, 0.25) is 0 Å². The van der Waals surface area contributed by atoms with Crippen molar-refractivity contribution < 1.29 is 13.2 Å². The van der Waals surface area contributed by atoms with E-state index >= 15 is 0 Å². The Labute approximate surface area is 100 Å². The lowest BCUT2D eigenvalue weighted by Crippen LogP contribution is -2.40. The molecule has 5 nitrogen and oxygen atoms in total. The molecular weight excluding hydrogens is 240 g/mol. The molecule has 0 spiro atoms. The molecule has 17 heavy (non-hydrogen) atoms. The zero-order valence-corrected chi connectivity index (χ0v) is 10.3. The van der Waals surface area contributed by atoms with Crippen molar-refractivity contribution in [2.75, 3.05) is 19.3 Å². The van der Waals surface area contributed by atoms with Gasteiger partial charge in [0.15, 0.2) is 0 Å². The lowest BCUT2D eigenvalue weighted by atomic mass is 9.91. The van der Waals surface area contributed by atoms with E-state index in [0.717, 1.165) is 11.8 Å². The second-order valence-electron chi connectivity index (χ2n) is 4.11. The molecule has 1 unspecified atom stereocenters. The second kappa shape index (κ2) is 4.46. The quantitative estimate of drug-likeness (QED) is 0.801. The maximum Gasteiger partial charge on any atom is 0.251 e. The number of hydrogen-bond donors (Lipinski definition) is 2. The Bertz CT molecular complexity index is 539. The van der Waals surface area contributed by atoms with E-state index in [9.17, 15) is 13.2 Å². The van der Waals surface area contributed by atoms with Crippen molar-refractivity contribution in [1.82, 2.24) is 10.0 Å². The molecular formula is C11H14N2O3S. The van der Waals surface area contributed by atoms with Crippen LogP contribution in [0.1, 0.15) is 21.8 Å². The van der Waals surface area contributed by atoms with Crippen LogP contribution in [0, 0.1) is 0 Å². The fourth-order valence-corrected chi connectivity index (χ4v) is 2.42. The van der Waals surface area contributed by atoms with Crippen LogP contribution in [0.25, 0.3) is 0 Å². The van der Waals surface area contributed by atoms with Gasteiger partial charge in [-0.2, -0.15) is 0 Å². The van der Waals surface area contributed by atoms with Gasteiger partial charge in [-0.1, -0.05) is 18.2 Å². The van der Waals surface area contributed by atoms with Crippen LogP contribution >= 0.6 is 0 Å². The minimum atomic E-state index is -3.20. The molecule has 0 bridgehead atoms. The third-order valence-electron chi connectivity index (χ3n) is 2.75. The van der Waals surface area contributed by atoms with Gasteiger partial charge in [0.05, 0.1) is 6.26 Å². The van der Waals surface area contributed by atoms with E-state index in [1.807, 2.05) is 12.1 Å². The van der Waals surface area contributed by atoms with Crippen LogP contribution in [0.5, 0.6) is 0 Å². The third-order valence-corrected chi connectivity index (χ3v) is 3.44. The Morgan fingerprint density at radius 3 is 2.82 bits per heavy atom. The molecule has 0 radical (unpaired) electrons. The van der Waals surface area contributed by atoms with E-state index in [1.54, 1.807) is 12.1 Å². The summed E-state index contributed by atoms with van der Waals surface area (Å²) >= 11 is 0. The van der Waals surface area contributed by atoms with Crippen molar-refractivity contribution in [2.45, 2.75) is 5.92 Å². The van der Waals surface area contributed by atoms with Crippen molar-refractivity contribution >= 4 is 15.9 Å². The van der Waals surface area contributed by atoms with Gasteiger partial charge in [-0.05, 0) is 11.6 Å². The van der Waals surface area contributed by atoms with E-state index in [2.05, 4.69) is 10.0 Å². The number of benzene rings is 1. The predicted octanol–water partition coefficient (Wildman–Crippen LogP) is 0.0628. The zero-order valence-electron chi connectivity index (χ0n) is 9.43. The summed E-state index contributed by atoms with van der Waals surface area (Å²) in [6.07, 6.45) is 1.13. The lowest BCUT2D eigenvalue weighted by molar-refractivity contribution is 0.0940. The number of nitrogens with one attached hydrogen (secondary N) is 2. The molecule has 1 aromatic carbocycles. The van der Waals surface area contributed by atoms with E-state index < -0.39 is 10.0 Å². The first-order chi connectivity index (χ1) is 7.97. The van der Waals surface area contributed by atoms with Crippen molar-refractivity contribution in [2.24, 2.45) is 0 Å². The summed E-state index contributed by atoms with van der Waals surface area (Å²) in [6.45, 7) is 0.758. The van der Waals surface area contributed by atoms with Crippen LogP contribution in [0.3, 0.4) is 0 Å². The molecule has 6 heteroatoms. The Balaban J connectivity index is 2.22. The molecule has 2 N–H and O–H groups in total. The number of sulfonamides is 1. The highest BCUT2D eigenvalue weighted by molar-refractivity contribution is 7.88. The van der Waals surface area contributed by atoms with Gasteiger partial charge in [-0.3, -0.25) is 4.79 Å². The Kier molecular flexibility index (Phi) is 3.17. The standard InChI is InChI=1S/C11H14N2O3S/c1-17(15,16)13-7-8-6-12-11(14)10-5-3-2-4-9(8)10/h2-5,8,13H,6-7H2,1H3,(H,12,14). The molecule has 0 aromatic heterocycles. The molecule has 2 rings (SSSR count). The van der Waals surface area contributed by atoms with Gasteiger partial charge in [-0.25, -0.2) is 13.1 Å².